The molecule has 1 heteroatoms. The van der Waals surface area contributed by atoms with Gasteiger partial charge in [0.1, 0.15) is 5.78 Å². The summed E-state index contributed by atoms with van der Waals surface area (Å²) >= 11 is 0. The second kappa shape index (κ2) is 20.7. The summed E-state index contributed by atoms with van der Waals surface area (Å²) in [5.74, 6) is 4.11. The molecule has 0 aromatic rings. The van der Waals surface area contributed by atoms with Crippen molar-refractivity contribution in [2.75, 3.05) is 0 Å². The minimum absolute atomic E-state index is 0.255. The van der Waals surface area contributed by atoms with E-state index in [1.165, 1.54) is 82.6 Å². The molecule has 2 saturated carbocycles. The first kappa shape index (κ1) is 30.6. The molecular formula is C28H56O. The van der Waals surface area contributed by atoms with Gasteiger partial charge in [0.15, 0.2) is 0 Å². The predicted molar refractivity (Wildman–Crippen MR) is 134 cm³/mol. The summed E-state index contributed by atoms with van der Waals surface area (Å²) in [4.78, 5) is 9.81. The third kappa shape index (κ3) is 15.9. The van der Waals surface area contributed by atoms with Crippen molar-refractivity contribution >= 4 is 5.78 Å². The third-order valence-electron chi connectivity index (χ3n) is 6.88. The molecule has 0 aromatic heterocycles. The van der Waals surface area contributed by atoms with Gasteiger partial charge < -0.3 is 4.79 Å². The second-order valence-electron chi connectivity index (χ2n) is 9.09. The zero-order valence-corrected chi connectivity index (χ0v) is 21.6. The molecule has 1 nitrogen and oxygen atoms in total. The summed E-state index contributed by atoms with van der Waals surface area (Å²) in [7, 11) is 0. The molecule has 0 N–H and O–H groups in total. The lowest BCUT2D eigenvalue weighted by atomic mass is 9.76. The highest BCUT2D eigenvalue weighted by Crippen LogP contribution is 2.35. The summed E-state index contributed by atoms with van der Waals surface area (Å²) in [6, 6.07) is 0. The molecule has 2 fully saturated rings. The minimum atomic E-state index is 0.255. The molecule has 0 saturated heterocycles. The Morgan fingerprint density at radius 1 is 0.862 bits per heavy atom. The van der Waals surface area contributed by atoms with Gasteiger partial charge in [-0.2, -0.15) is 0 Å². The lowest BCUT2D eigenvalue weighted by Crippen LogP contribution is -2.18. The van der Waals surface area contributed by atoms with Crippen LogP contribution in [0.5, 0.6) is 0 Å². The van der Waals surface area contributed by atoms with Crippen LogP contribution in [0.2, 0.25) is 0 Å². The molecule has 0 bridgehead atoms. The van der Waals surface area contributed by atoms with Crippen LogP contribution in [0.25, 0.3) is 0 Å². The number of allylic oxidation sites excluding steroid dienone is 1. The SMILES string of the molecule is C=C(C)C(C)C1CCCCC1.CC.CCC(C)=O.CCCC1CCCCC1CC. The van der Waals surface area contributed by atoms with Gasteiger partial charge in [-0.3, -0.25) is 0 Å². The predicted octanol–water partition coefficient (Wildman–Crippen LogP) is 9.79. The van der Waals surface area contributed by atoms with Gasteiger partial charge in [-0.1, -0.05) is 118 Å². The van der Waals surface area contributed by atoms with Gasteiger partial charge in [-0.25, -0.2) is 0 Å². The van der Waals surface area contributed by atoms with Gasteiger partial charge in [0.2, 0.25) is 0 Å². The lowest BCUT2D eigenvalue weighted by Gasteiger charge is -2.30. The van der Waals surface area contributed by atoms with Crippen LogP contribution < -0.4 is 0 Å². The lowest BCUT2D eigenvalue weighted by molar-refractivity contribution is -0.116. The second-order valence-corrected chi connectivity index (χ2v) is 9.09. The van der Waals surface area contributed by atoms with E-state index in [0.29, 0.717) is 6.42 Å². The number of hydrogen-bond acceptors (Lipinski definition) is 1. The molecular weight excluding hydrogens is 352 g/mol. The Morgan fingerprint density at radius 2 is 1.31 bits per heavy atom. The molecule has 29 heavy (non-hydrogen) atoms. The zero-order chi connectivity index (χ0) is 22.7. The molecule has 0 amide bonds. The van der Waals surface area contributed by atoms with Gasteiger partial charge >= 0.3 is 0 Å². The van der Waals surface area contributed by atoms with Crippen molar-refractivity contribution in [2.45, 2.75) is 139 Å². The van der Waals surface area contributed by atoms with Crippen molar-refractivity contribution in [3.8, 4) is 0 Å². The van der Waals surface area contributed by atoms with Gasteiger partial charge in [0, 0.05) is 6.42 Å². The molecule has 2 aliphatic rings. The first-order chi connectivity index (χ1) is 13.9. The number of ketones is 1. The van der Waals surface area contributed by atoms with Gasteiger partial charge in [-0.15, -0.1) is 0 Å². The summed E-state index contributed by atoms with van der Waals surface area (Å²) in [6.45, 7) is 20.6. The summed E-state index contributed by atoms with van der Waals surface area (Å²) < 4.78 is 0. The number of hydrogen-bond donors (Lipinski definition) is 0. The molecule has 2 aliphatic carbocycles. The monoisotopic (exact) mass is 408 g/mol. The van der Waals surface area contributed by atoms with Crippen LogP contribution in [-0.4, -0.2) is 5.78 Å². The average Bonchev–Trinajstić information content (AvgIpc) is 2.76. The van der Waals surface area contributed by atoms with Crippen LogP contribution in [0.1, 0.15) is 139 Å². The Morgan fingerprint density at radius 3 is 1.69 bits per heavy atom. The molecule has 0 radical (unpaired) electrons. The Hall–Kier alpha value is -0.590. The summed E-state index contributed by atoms with van der Waals surface area (Å²) in [6.07, 6.45) is 18.2. The number of rotatable bonds is 6. The van der Waals surface area contributed by atoms with E-state index in [4.69, 9.17) is 0 Å². The van der Waals surface area contributed by atoms with Crippen molar-refractivity contribution < 1.29 is 4.79 Å². The maximum Gasteiger partial charge on any atom is 0.129 e. The Balaban J connectivity index is 0. The van der Waals surface area contributed by atoms with E-state index in [0.717, 1.165) is 23.7 Å². The standard InChI is InChI=1S/C11H20.C11H22.C4H8O.C2H6/c1-9(2)10(3)11-7-5-4-6-8-11;1-3-7-11-9-6-5-8-10(11)4-2;1-3-4(2)5;1-2/h10-11H,1,4-8H2,2-3H3;10-11H,3-9H2,1-2H3;3H2,1-2H3;1-2H3. The van der Waals surface area contributed by atoms with E-state index in [1.807, 2.05) is 20.8 Å². The topological polar surface area (TPSA) is 17.1 Å². The highest BCUT2D eigenvalue weighted by Gasteiger charge is 2.22. The van der Waals surface area contributed by atoms with E-state index in [1.54, 1.807) is 6.92 Å². The number of carbonyl (C=O) groups is 1. The fourth-order valence-electron chi connectivity index (χ4n) is 4.61. The highest BCUT2D eigenvalue weighted by molar-refractivity contribution is 5.74. The van der Waals surface area contributed by atoms with Crippen LogP contribution in [-0.2, 0) is 4.79 Å². The van der Waals surface area contributed by atoms with Crippen molar-refractivity contribution in [1.29, 1.82) is 0 Å². The molecule has 0 spiro atoms. The van der Waals surface area contributed by atoms with Crippen LogP contribution in [0.4, 0.5) is 0 Å². The van der Waals surface area contributed by atoms with Crippen molar-refractivity contribution in [3.05, 3.63) is 12.2 Å². The fraction of sp³-hybridized carbons (Fsp3) is 0.893. The fourth-order valence-corrected chi connectivity index (χ4v) is 4.61. The van der Waals surface area contributed by atoms with Crippen molar-refractivity contribution in [3.63, 3.8) is 0 Å². The molecule has 0 aliphatic heterocycles. The van der Waals surface area contributed by atoms with Crippen LogP contribution >= 0.6 is 0 Å². The Bertz CT molecular complexity index is 376. The van der Waals surface area contributed by atoms with Crippen LogP contribution in [0.3, 0.4) is 0 Å². The maximum absolute atomic E-state index is 9.81. The van der Waals surface area contributed by atoms with Gasteiger partial charge in [-0.05, 0) is 50.4 Å². The summed E-state index contributed by atoms with van der Waals surface area (Å²) in [5.41, 5.74) is 1.37. The Kier molecular flexibility index (Phi) is 21.8. The molecule has 0 aromatic carbocycles. The quantitative estimate of drug-likeness (QED) is 0.399. The highest BCUT2D eigenvalue weighted by atomic mass is 16.1. The number of carbonyl (C=O) groups excluding carboxylic acids is 1. The van der Waals surface area contributed by atoms with E-state index in [9.17, 15) is 4.79 Å². The van der Waals surface area contributed by atoms with Crippen LogP contribution in [0, 0.1) is 23.7 Å². The molecule has 174 valence electrons. The van der Waals surface area contributed by atoms with E-state index in [-0.39, 0.29) is 5.78 Å². The normalized spacial score (nSPS) is 22.5. The van der Waals surface area contributed by atoms with Gasteiger partial charge in [0.05, 0.1) is 0 Å². The third-order valence-corrected chi connectivity index (χ3v) is 6.88. The molecule has 3 unspecified atom stereocenters. The van der Waals surface area contributed by atoms with E-state index < -0.39 is 0 Å². The Labute approximate surface area is 185 Å². The minimum Gasteiger partial charge on any atom is -0.300 e. The zero-order valence-electron chi connectivity index (χ0n) is 21.6. The molecule has 0 heterocycles. The maximum atomic E-state index is 9.81. The molecule has 3 atom stereocenters. The summed E-state index contributed by atoms with van der Waals surface area (Å²) in [5, 5.41) is 0. The first-order valence-corrected chi connectivity index (χ1v) is 13.0. The smallest absolute Gasteiger partial charge is 0.129 e. The average molecular weight is 409 g/mol. The first-order valence-electron chi connectivity index (χ1n) is 13.0. The van der Waals surface area contributed by atoms with Crippen molar-refractivity contribution in [1.82, 2.24) is 0 Å². The van der Waals surface area contributed by atoms with Crippen LogP contribution in [0.15, 0.2) is 12.2 Å². The largest absolute Gasteiger partial charge is 0.300 e. The van der Waals surface area contributed by atoms with Crippen molar-refractivity contribution in [2.24, 2.45) is 23.7 Å². The molecule has 2 rings (SSSR count). The number of Topliss-reactive ketones (excluding diaryl/α,β-unsaturated/α-hetero) is 1. The van der Waals surface area contributed by atoms with E-state index >= 15 is 0 Å². The van der Waals surface area contributed by atoms with E-state index in [2.05, 4.69) is 34.3 Å². The van der Waals surface area contributed by atoms with Gasteiger partial charge in [0.25, 0.3) is 0 Å².